The maximum atomic E-state index is 9.75. The third-order valence-electron chi connectivity index (χ3n) is 3.65. The average molecular weight is 329 g/mol. The molecule has 118 valence electrons. The van der Waals surface area contributed by atoms with Crippen LogP contribution in [0.4, 0.5) is 28.6 Å². The topological polar surface area (TPSA) is 0 Å². The molecule has 0 N–H and O–H groups in total. The fourth-order valence-electron chi connectivity index (χ4n) is 2.49. The Balaban J connectivity index is 0.000000309. The molecule has 0 aliphatic carbocycles. The summed E-state index contributed by atoms with van der Waals surface area (Å²) in [5, 5.41) is 0. The quantitative estimate of drug-likeness (QED) is 0.365. The molecule has 0 bridgehead atoms. The van der Waals surface area contributed by atoms with Crippen molar-refractivity contribution in [2.45, 2.75) is 16.7 Å². The lowest BCUT2D eigenvalue weighted by molar-refractivity contribution is 0.368. The Morgan fingerprint density at radius 2 is 1.23 bits per heavy atom. The molecule has 0 fully saturated rings. The van der Waals surface area contributed by atoms with Crippen LogP contribution in [0.1, 0.15) is 6.92 Å². The second-order valence-electron chi connectivity index (χ2n) is 5.04. The van der Waals surface area contributed by atoms with Gasteiger partial charge in [0.15, 0.2) is 11.4 Å². The molecule has 1 nitrogen and oxygen atoms in total. The van der Waals surface area contributed by atoms with Gasteiger partial charge >= 0.3 is 7.25 Å². The second kappa shape index (κ2) is 6.34. The van der Waals surface area contributed by atoms with E-state index in [1.165, 1.54) is 21.2 Å². The minimum absolute atomic E-state index is 0.902. The number of hydrogen-bond acceptors (Lipinski definition) is 1. The molecule has 0 saturated heterocycles. The summed E-state index contributed by atoms with van der Waals surface area (Å²) in [6.45, 7) is 3.33. The van der Waals surface area contributed by atoms with Crippen LogP contribution >= 0.6 is 11.8 Å². The number of para-hydroxylation sites is 2. The van der Waals surface area contributed by atoms with E-state index >= 15 is 0 Å². The van der Waals surface area contributed by atoms with E-state index in [1.54, 1.807) is 0 Å². The molecule has 22 heavy (non-hydrogen) atoms. The molecule has 0 saturated carbocycles. The molecule has 1 aliphatic heterocycles. The second-order valence-corrected chi connectivity index (χ2v) is 6.12. The molecule has 0 unspecified atom stereocenters. The van der Waals surface area contributed by atoms with Crippen molar-refractivity contribution >= 4 is 30.4 Å². The van der Waals surface area contributed by atoms with Crippen molar-refractivity contribution in [1.82, 2.24) is 4.48 Å². The molecule has 7 heteroatoms. The van der Waals surface area contributed by atoms with Crippen molar-refractivity contribution in [3.05, 3.63) is 48.5 Å². The SMILES string of the molecule is CC[N+]1(C)c2ccccc2Sc2ccccc21.F[B-](F)(F)F. The highest BCUT2D eigenvalue weighted by Gasteiger charge is 2.35. The van der Waals surface area contributed by atoms with Crippen molar-refractivity contribution in [1.29, 1.82) is 0 Å². The first-order valence-electron chi connectivity index (χ1n) is 6.85. The summed E-state index contributed by atoms with van der Waals surface area (Å²) in [6.07, 6.45) is 0. The summed E-state index contributed by atoms with van der Waals surface area (Å²) < 4.78 is 39.9. The minimum Gasteiger partial charge on any atom is -0.418 e. The van der Waals surface area contributed by atoms with Crippen molar-refractivity contribution in [2.75, 3.05) is 13.6 Å². The maximum absolute atomic E-state index is 9.75. The normalized spacial score (nSPS) is 15.2. The summed E-state index contributed by atoms with van der Waals surface area (Å²) in [7, 11) is -3.70. The molecule has 0 aromatic heterocycles. The number of benzene rings is 2. The lowest BCUT2D eigenvalue weighted by Gasteiger charge is -2.37. The van der Waals surface area contributed by atoms with Crippen LogP contribution in [-0.2, 0) is 0 Å². The van der Waals surface area contributed by atoms with Crippen LogP contribution < -0.4 is 4.48 Å². The van der Waals surface area contributed by atoms with Crippen LogP contribution in [0.2, 0.25) is 0 Å². The van der Waals surface area contributed by atoms with E-state index in [0.717, 1.165) is 11.0 Å². The van der Waals surface area contributed by atoms with Crippen LogP contribution in [-0.4, -0.2) is 20.8 Å². The molecule has 2 aromatic carbocycles. The van der Waals surface area contributed by atoms with E-state index in [2.05, 4.69) is 62.5 Å². The third-order valence-corrected chi connectivity index (χ3v) is 4.78. The van der Waals surface area contributed by atoms with E-state index in [1.807, 2.05) is 11.8 Å². The van der Waals surface area contributed by atoms with Crippen LogP contribution in [0.25, 0.3) is 0 Å². The minimum atomic E-state index is -6.00. The van der Waals surface area contributed by atoms with Gasteiger partial charge in [0.05, 0.1) is 23.4 Å². The van der Waals surface area contributed by atoms with Gasteiger partial charge in [0.2, 0.25) is 0 Å². The Labute approximate surface area is 131 Å². The van der Waals surface area contributed by atoms with Gasteiger partial charge in [-0.1, -0.05) is 36.0 Å². The first-order chi connectivity index (χ1) is 10.3. The number of nitrogens with zero attached hydrogens (tertiary/aromatic N) is 1. The van der Waals surface area contributed by atoms with Crippen molar-refractivity contribution in [2.24, 2.45) is 0 Å². The van der Waals surface area contributed by atoms with Gasteiger partial charge in [-0.25, -0.2) is 0 Å². The number of halogens is 4. The highest BCUT2D eigenvalue weighted by Crippen LogP contribution is 2.51. The molecular formula is C15H16BF4NS. The molecule has 0 spiro atoms. The predicted molar refractivity (Wildman–Crippen MR) is 85.1 cm³/mol. The van der Waals surface area contributed by atoms with Crippen LogP contribution in [0, 0.1) is 0 Å². The Hall–Kier alpha value is -1.47. The van der Waals surface area contributed by atoms with Gasteiger partial charge < -0.3 is 17.3 Å². The maximum Gasteiger partial charge on any atom is 0.673 e. The van der Waals surface area contributed by atoms with Gasteiger partial charge in [-0.3, -0.25) is 4.48 Å². The molecular weight excluding hydrogens is 313 g/mol. The number of rotatable bonds is 1. The van der Waals surface area contributed by atoms with E-state index < -0.39 is 7.25 Å². The Bertz CT molecular complexity index is 608. The predicted octanol–water partition coefficient (Wildman–Crippen LogP) is 5.74. The average Bonchev–Trinajstić information content (AvgIpc) is 2.46. The standard InChI is InChI=1S/C15H16NS.BF4/c1-3-16(2)12-8-4-6-10-14(12)17-15-11-7-5-9-13(15)16;2-1(3,4)5/h4-11H,3H2,1-2H3;/q+1;-1. The molecule has 1 heterocycles. The van der Waals surface area contributed by atoms with Crippen molar-refractivity contribution in [3.8, 4) is 0 Å². The summed E-state index contributed by atoms with van der Waals surface area (Å²) in [4.78, 5) is 2.77. The number of hydrogen-bond donors (Lipinski definition) is 0. The van der Waals surface area contributed by atoms with E-state index in [4.69, 9.17) is 0 Å². The van der Waals surface area contributed by atoms with E-state index in [9.17, 15) is 17.3 Å². The summed E-state index contributed by atoms with van der Waals surface area (Å²) in [5.41, 5.74) is 2.83. The zero-order valence-electron chi connectivity index (χ0n) is 12.3. The van der Waals surface area contributed by atoms with Gasteiger partial charge in [0.25, 0.3) is 0 Å². The lowest BCUT2D eigenvalue weighted by Crippen LogP contribution is -2.41. The Morgan fingerprint density at radius 3 is 1.59 bits per heavy atom. The Kier molecular flexibility index (Phi) is 4.87. The summed E-state index contributed by atoms with van der Waals surface area (Å²) in [6, 6.07) is 17.5. The first-order valence-corrected chi connectivity index (χ1v) is 7.67. The third kappa shape index (κ3) is 3.65. The molecule has 0 amide bonds. The summed E-state index contributed by atoms with van der Waals surface area (Å²) >= 11 is 1.88. The monoisotopic (exact) mass is 329 g/mol. The van der Waals surface area contributed by atoms with Crippen molar-refractivity contribution in [3.63, 3.8) is 0 Å². The molecule has 3 rings (SSSR count). The van der Waals surface area contributed by atoms with Crippen LogP contribution in [0.5, 0.6) is 0 Å². The smallest absolute Gasteiger partial charge is 0.418 e. The van der Waals surface area contributed by atoms with Crippen LogP contribution in [0.3, 0.4) is 0 Å². The van der Waals surface area contributed by atoms with E-state index in [0.29, 0.717) is 0 Å². The van der Waals surface area contributed by atoms with Crippen LogP contribution in [0.15, 0.2) is 58.3 Å². The van der Waals surface area contributed by atoms with E-state index in [-0.39, 0.29) is 0 Å². The Morgan fingerprint density at radius 1 is 0.864 bits per heavy atom. The van der Waals surface area contributed by atoms with Gasteiger partial charge in [0, 0.05) is 12.1 Å². The highest BCUT2D eigenvalue weighted by atomic mass is 32.2. The zero-order valence-corrected chi connectivity index (χ0v) is 13.1. The van der Waals surface area contributed by atoms with Gasteiger partial charge in [0.1, 0.15) is 0 Å². The molecule has 0 radical (unpaired) electrons. The largest absolute Gasteiger partial charge is 0.673 e. The summed E-state index contributed by atoms with van der Waals surface area (Å²) in [5.74, 6) is 0. The molecule has 2 aromatic rings. The number of fused-ring (bicyclic) bond motifs is 2. The van der Waals surface area contributed by atoms with Crippen molar-refractivity contribution < 1.29 is 17.3 Å². The lowest BCUT2D eigenvalue weighted by atomic mass is 10.2. The molecule has 0 atom stereocenters. The highest BCUT2D eigenvalue weighted by molar-refractivity contribution is 7.99. The fraction of sp³-hybridized carbons (Fsp3) is 0.200. The molecule has 1 aliphatic rings. The fourth-order valence-corrected chi connectivity index (χ4v) is 3.77. The van der Waals surface area contributed by atoms with Gasteiger partial charge in [-0.2, -0.15) is 0 Å². The van der Waals surface area contributed by atoms with Gasteiger partial charge in [-0.15, -0.1) is 0 Å². The number of quaternary nitrogens is 1. The van der Waals surface area contributed by atoms with Gasteiger partial charge in [-0.05, 0) is 19.1 Å². The zero-order chi connectivity index (χ0) is 16.4. The first kappa shape index (κ1) is 16.9.